The van der Waals surface area contributed by atoms with E-state index in [4.69, 9.17) is 4.74 Å². The fourth-order valence-corrected chi connectivity index (χ4v) is 2.47. The number of ether oxygens (including phenoxy) is 1. The molecule has 0 saturated carbocycles. The smallest absolute Gasteiger partial charge is 0.272 e. The van der Waals surface area contributed by atoms with Crippen LogP contribution in [-0.2, 0) is 0 Å². The van der Waals surface area contributed by atoms with Gasteiger partial charge < -0.3 is 15.0 Å². The summed E-state index contributed by atoms with van der Waals surface area (Å²) >= 11 is 0. The number of likely N-dealkylation sites (tertiary alicyclic amines) is 1. The van der Waals surface area contributed by atoms with Gasteiger partial charge in [-0.15, -0.1) is 0 Å². The largest absolute Gasteiger partial charge is 0.497 e. The highest BCUT2D eigenvalue weighted by Gasteiger charge is 2.20. The maximum atomic E-state index is 12.3. The van der Waals surface area contributed by atoms with E-state index in [1.807, 2.05) is 29.2 Å². The molecule has 1 amide bonds. The molecule has 1 aromatic heterocycles. The summed E-state index contributed by atoms with van der Waals surface area (Å²) in [5.41, 5.74) is 1.26. The molecule has 0 bridgehead atoms. The van der Waals surface area contributed by atoms with Crippen molar-refractivity contribution < 1.29 is 9.53 Å². The molecular formula is C16H18N4O2. The summed E-state index contributed by atoms with van der Waals surface area (Å²) in [5, 5.41) is 3.16. The first-order valence-electron chi connectivity index (χ1n) is 7.28. The number of amides is 1. The van der Waals surface area contributed by atoms with Gasteiger partial charge in [0, 0.05) is 30.9 Å². The van der Waals surface area contributed by atoms with Gasteiger partial charge in [-0.2, -0.15) is 0 Å². The first-order chi connectivity index (χ1) is 10.8. The Morgan fingerprint density at radius 3 is 2.82 bits per heavy atom. The van der Waals surface area contributed by atoms with Crippen LogP contribution in [0.5, 0.6) is 5.75 Å². The van der Waals surface area contributed by atoms with Crippen LogP contribution in [-0.4, -0.2) is 41.0 Å². The molecule has 3 rings (SSSR count). The lowest BCUT2D eigenvalue weighted by molar-refractivity contribution is 0.0787. The minimum atomic E-state index is -0.0337. The van der Waals surface area contributed by atoms with E-state index in [-0.39, 0.29) is 5.91 Å². The highest BCUT2D eigenvalue weighted by atomic mass is 16.5. The van der Waals surface area contributed by atoms with Crippen molar-refractivity contribution in [2.45, 2.75) is 12.8 Å². The van der Waals surface area contributed by atoms with E-state index in [1.54, 1.807) is 13.2 Å². The maximum Gasteiger partial charge on any atom is 0.272 e. The molecule has 1 aliphatic rings. The molecule has 1 fully saturated rings. The third-order valence-corrected chi connectivity index (χ3v) is 3.62. The first kappa shape index (κ1) is 14.3. The van der Waals surface area contributed by atoms with Crippen LogP contribution in [0.15, 0.2) is 36.7 Å². The van der Waals surface area contributed by atoms with Crippen molar-refractivity contribution in [3.63, 3.8) is 0 Å². The van der Waals surface area contributed by atoms with E-state index in [2.05, 4.69) is 15.3 Å². The van der Waals surface area contributed by atoms with Gasteiger partial charge in [0.15, 0.2) is 0 Å². The zero-order chi connectivity index (χ0) is 15.4. The lowest BCUT2D eigenvalue weighted by Crippen LogP contribution is -2.28. The van der Waals surface area contributed by atoms with Crippen LogP contribution in [0.4, 0.5) is 11.5 Å². The second kappa shape index (κ2) is 6.43. The quantitative estimate of drug-likeness (QED) is 0.939. The monoisotopic (exact) mass is 298 g/mol. The van der Waals surface area contributed by atoms with Crippen LogP contribution in [0.3, 0.4) is 0 Å². The maximum absolute atomic E-state index is 12.3. The Hall–Kier alpha value is -2.63. The van der Waals surface area contributed by atoms with E-state index in [9.17, 15) is 4.79 Å². The Balaban J connectivity index is 1.77. The van der Waals surface area contributed by atoms with Gasteiger partial charge in [0.05, 0.1) is 7.11 Å². The fourth-order valence-electron chi connectivity index (χ4n) is 2.47. The van der Waals surface area contributed by atoms with Gasteiger partial charge in [-0.3, -0.25) is 4.79 Å². The van der Waals surface area contributed by atoms with Crippen LogP contribution in [0, 0.1) is 0 Å². The molecule has 114 valence electrons. The number of methoxy groups -OCH3 is 1. The third kappa shape index (κ3) is 3.16. The summed E-state index contributed by atoms with van der Waals surface area (Å²) in [6.45, 7) is 1.61. The fraction of sp³-hybridized carbons (Fsp3) is 0.312. The van der Waals surface area contributed by atoms with Crippen LogP contribution in [0.25, 0.3) is 0 Å². The molecule has 0 unspecified atom stereocenters. The van der Waals surface area contributed by atoms with Crippen LogP contribution in [0.1, 0.15) is 23.3 Å². The summed E-state index contributed by atoms with van der Waals surface area (Å²) in [6, 6.07) is 9.21. The third-order valence-electron chi connectivity index (χ3n) is 3.62. The summed E-state index contributed by atoms with van der Waals surface area (Å²) in [4.78, 5) is 22.4. The number of nitrogens with one attached hydrogen (secondary N) is 1. The number of carbonyl (C=O) groups excluding carboxylic acids is 1. The number of hydrogen-bond acceptors (Lipinski definition) is 5. The van der Waals surface area contributed by atoms with Gasteiger partial charge in [0.1, 0.15) is 23.6 Å². The molecule has 1 aliphatic heterocycles. The molecule has 2 heterocycles. The molecule has 0 spiro atoms. The van der Waals surface area contributed by atoms with Crippen molar-refractivity contribution in [3.05, 3.63) is 42.4 Å². The summed E-state index contributed by atoms with van der Waals surface area (Å²) in [6.07, 6.45) is 3.53. The molecule has 0 radical (unpaired) electrons. The minimum absolute atomic E-state index is 0.0337. The van der Waals surface area contributed by atoms with E-state index in [0.717, 1.165) is 37.4 Å². The molecule has 6 nitrogen and oxygen atoms in total. The van der Waals surface area contributed by atoms with Crippen molar-refractivity contribution in [1.82, 2.24) is 14.9 Å². The molecule has 1 aromatic carbocycles. The lowest BCUT2D eigenvalue weighted by atomic mass is 10.3. The SMILES string of the molecule is COc1cccc(Nc2cc(C(=O)N3CCCC3)ncn2)c1. The van der Waals surface area contributed by atoms with E-state index in [1.165, 1.54) is 6.33 Å². The Kier molecular flexibility index (Phi) is 4.18. The molecule has 0 atom stereocenters. The van der Waals surface area contributed by atoms with Gasteiger partial charge in [-0.1, -0.05) is 6.07 Å². The van der Waals surface area contributed by atoms with Crippen molar-refractivity contribution >= 4 is 17.4 Å². The number of aromatic nitrogens is 2. The summed E-state index contributed by atoms with van der Waals surface area (Å²) in [5.74, 6) is 1.31. The Morgan fingerprint density at radius 1 is 1.23 bits per heavy atom. The van der Waals surface area contributed by atoms with Crippen molar-refractivity contribution in [2.24, 2.45) is 0 Å². The van der Waals surface area contributed by atoms with E-state index >= 15 is 0 Å². The lowest BCUT2D eigenvalue weighted by Gasteiger charge is -2.15. The predicted molar refractivity (Wildman–Crippen MR) is 83.4 cm³/mol. The number of rotatable bonds is 4. The molecule has 1 N–H and O–H groups in total. The predicted octanol–water partition coefficient (Wildman–Crippen LogP) is 2.46. The van der Waals surface area contributed by atoms with Gasteiger partial charge >= 0.3 is 0 Å². The number of hydrogen-bond donors (Lipinski definition) is 1. The molecule has 0 aliphatic carbocycles. The first-order valence-corrected chi connectivity index (χ1v) is 7.28. The average molecular weight is 298 g/mol. The van der Waals surface area contributed by atoms with Gasteiger partial charge in [0.25, 0.3) is 5.91 Å². The normalized spacial score (nSPS) is 14.0. The van der Waals surface area contributed by atoms with Crippen LogP contribution >= 0.6 is 0 Å². The van der Waals surface area contributed by atoms with Crippen LogP contribution < -0.4 is 10.1 Å². The van der Waals surface area contributed by atoms with E-state index in [0.29, 0.717) is 11.5 Å². The number of carbonyl (C=O) groups is 1. The van der Waals surface area contributed by atoms with Crippen LogP contribution in [0.2, 0.25) is 0 Å². The number of anilines is 2. The van der Waals surface area contributed by atoms with E-state index < -0.39 is 0 Å². The Labute approximate surface area is 129 Å². The summed E-state index contributed by atoms with van der Waals surface area (Å²) in [7, 11) is 1.62. The van der Waals surface area contributed by atoms with Gasteiger partial charge in [-0.05, 0) is 25.0 Å². The van der Waals surface area contributed by atoms with Crippen molar-refractivity contribution in [1.29, 1.82) is 0 Å². The summed E-state index contributed by atoms with van der Waals surface area (Å²) < 4.78 is 5.19. The average Bonchev–Trinajstić information content (AvgIpc) is 3.09. The number of benzene rings is 1. The second-order valence-corrected chi connectivity index (χ2v) is 5.14. The zero-order valence-corrected chi connectivity index (χ0v) is 12.5. The topological polar surface area (TPSA) is 67.3 Å². The molecule has 6 heteroatoms. The van der Waals surface area contributed by atoms with Gasteiger partial charge in [0.2, 0.25) is 0 Å². The molecule has 2 aromatic rings. The Morgan fingerprint density at radius 2 is 2.05 bits per heavy atom. The van der Waals surface area contributed by atoms with Crippen molar-refractivity contribution in [3.8, 4) is 5.75 Å². The van der Waals surface area contributed by atoms with Gasteiger partial charge in [-0.25, -0.2) is 9.97 Å². The Bertz CT molecular complexity index is 669. The standard InChI is InChI=1S/C16H18N4O2/c1-22-13-6-4-5-12(9-13)19-15-10-14(17-11-18-15)16(21)20-7-2-3-8-20/h4-6,9-11H,2-3,7-8H2,1H3,(H,17,18,19). The second-order valence-electron chi connectivity index (χ2n) is 5.14. The molecule has 22 heavy (non-hydrogen) atoms. The highest BCUT2D eigenvalue weighted by Crippen LogP contribution is 2.20. The molecule has 1 saturated heterocycles. The number of nitrogens with zero attached hydrogens (tertiary/aromatic N) is 3. The highest BCUT2D eigenvalue weighted by molar-refractivity contribution is 5.93. The molecular weight excluding hydrogens is 280 g/mol. The minimum Gasteiger partial charge on any atom is -0.497 e. The van der Waals surface area contributed by atoms with Crippen molar-refractivity contribution in [2.75, 3.05) is 25.5 Å². The zero-order valence-electron chi connectivity index (χ0n) is 12.5.